The maximum absolute atomic E-state index is 6.25. The molecule has 2 rings (SSSR count). The van der Waals surface area contributed by atoms with Gasteiger partial charge in [-0.25, -0.2) is 4.98 Å². The number of aryl methyl sites for hydroxylation is 2. The monoisotopic (exact) mass is 355 g/mol. The van der Waals surface area contributed by atoms with E-state index in [0.717, 1.165) is 38.9 Å². The number of imidazole rings is 1. The molecule has 0 radical (unpaired) electrons. The highest BCUT2D eigenvalue weighted by Crippen LogP contribution is 2.30. The van der Waals surface area contributed by atoms with Crippen LogP contribution in [0, 0.1) is 19.8 Å². The Labute approximate surface area is 133 Å². The van der Waals surface area contributed by atoms with Crippen molar-refractivity contribution in [3.63, 3.8) is 0 Å². The minimum absolute atomic E-state index is 0.561. The summed E-state index contributed by atoms with van der Waals surface area (Å²) >= 11 is 9.85. The van der Waals surface area contributed by atoms with Gasteiger partial charge in [0.1, 0.15) is 0 Å². The van der Waals surface area contributed by atoms with Crippen molar-refractivity contribution in [3.05, 3.63) is 39.1 Å². The molecular weight excluding hydrogens is 338 g/mol. The second-order valence-corrected chi connectivity index (χ2v) is 6.66. The van der Waals surface area contributed by atoms with E-state index in [9.17, 15) is 0 Å². The van der Waals surface area contributed by atoms with Crippen LogP contribution in [0.25, 0.3) is 5.69 Å². The molecule has 0 fully saturated rings. The minimum atomic E-state index is 0.561. The molecular formula is C15H19BrClN3. The van der Waals surface area contributed by atoms with Gasteiger partial charge >= 0.3 is 0 Å². The molecule has 20 heavy (non-hydrogen) atoms. The van der Waals surface area contributed by atoms with Crippen LogP contribution in [0.1, 0.15) is 25.1 Å². The zero-order valence-electron chi connectivity index (χ0n) is 12.2. The van der Waals surface area contributed by atoms with Gasteiger partial charge in [-0.05, 0) is 53.4 Å². The summed E-state index contributed by atoms with van der Waals surface area (Å²) in [5.41, 5.74) is 3.02. The van der Waals surface area contributed by atoms with Gasteiger partial charge in [-0.3, -0.25) is 4.57 Å². The number of rotatable bonds is 4. The quantitative estimate of drug-likeness (QED) is 0.838. The molecule has 0 aliphatic heterocycles. The summed E-state index contributed by atoms with van der Waals surface area (Å²) in [7, 11) is 0. The summed E-state index contributed by atoms with van der Waals surface area (Å²) in [6.45, 7) is 9.21. The Bertz CT molecular complexity index is 620. The van der Waals surface area contributed by atoms with Gasteiger partial charge in [0.15, 0.2) is 0 Å². The molecule has 0 saturated carbocycles. The van der Waals surface area contributed by atoms with E-state index in [4.69, 9.17) is 11.6 Å². The van der Waals surface area contributed by atoms with Crippen molar-refractivity contribution in [1.82, 2.24) is 9.55 Å². The SMILES string of the molecule is Cc1cn(-c2cc(Cl)c(C)cc2Br)c(NCC(C)C)n1. The first-order valence-electron chi connectivity index (χ1n) is 6.64. The molecule has 0 saturated heterocycles. The zero-order chi connectivity index (χ0) is 14.9. The topological polar surface area (TPSA) is 29.9 Å². The molecule has 0 bridgehead atoms. The number of nitrogens with one attached hydrogen (secondary N) is 1. The number of anilines is 1. The fraction of sp³-hybridized carbons (Fsp3) is 0.400. The van der Waals surface area contributed by atoms with Gasteiger partial charge in [0.05, 0.1) is 11.4 Å². The number of halogens is 2. The fourth-order valence-corrected chi connectivity index (χ4v) is 2.73. The smallest absolute Gasteiger partial charge is 0.207 e. The normalized spacial score (nSPS) is 11.2. The predicted octanol–water partition coefficient (Wildman–Crippen LogP) is 4.97. The number of benzene rings is 1. The molecule has 0 spiro atoms. The van der Waals surface area contributed by atoms with E-state index < -0.39 is 0 Å². The largest absolute Gasteiger partial charge is 0.355 e. The molecule has 0 aliphatic rings. The standard InChI is InChI=1S/C15H19BrClN3/c1-9(2)7-18-15-19-11(4)8-20(15)14-6-13(17)10(3)5-12(14)16/h5-6,8-9H,7H2,1-4H3,(H,18,19). The molecule has 1 aromatic heterocycles. The number of hydrogen-bond acceptors (Lipinski definition) is 2. The maximum atomic E-state index is 6.25. The number of nitrogens with zero attached hydrogens (tertiary/aromatic N) is 2. The lowest BCUT2D eigenvalue weighted by atomic mass is 10.2. The van der Waals surface area contributed by atoms with E-state index in [0.29, 0.717) is 5.92 Å². The van der Waals surface area contributed by atoms with Crippen LogP contribution in [0.4, 0.5) is 5.95 Å². The highest BCUT2D eigenvalue weighted by Gasteiger charge is 2.12. The Balaban J connectivity index is 2.44. The number of hydrogen-bond donors (Lipinski definition) is 1. The van der Waals surface area contributed by atoms with Crippen LogP contribution >= 0.6 is 27.5 Å². The Hall–Kier alpha value is -1.00. The van der Waals surface area contributed by atoms with Crippen LogP contribution in [0.2, 0.25) is 5.02 Å². The fourth-order valence-electron chi connectivity index (χ4n) is 1.92. The Morgan fingerprint density at radius 1 is 1.35 bits per heavy atom. The molecule has 2 aromatic rings. The van der Waals surface area contributed by atoms with E-state index >= 15 is 0 Å². The summed E-state index contributed by atoms with van der Waals surface area (Å²) in [6, 6.07) is 3.99. The molecule has 1 N–H and O–H groups in total. The van der Waals surface area contributed by atoms with Crippen molar-refractivity contribution in [2.45, 2.75) is 27.7 Å². The van der Waals surface area contributed by atoms with Crippen LogP contribution in [0.3, 0.4) is 0 Å². The molecule has 1 aromatic carbocycles. The predicted molar refractivity (Wildman–Crippen MR) is 89.1 cm³/mol. The minimum Gasteiger partial charge on any atom is -0.355 e. The molecule has 0 unspecified atom stereocenters. The summed E-state index contributed by atoms with van der Waals surface area (Å²) in [4.78, 5) is 4.54. The van der Waals surface area contributed by atoms with Crippen molar-refractivity contribution in [1.29, 1.82) is 0 Å². The third-order valence-corrected chi connectivity index (χ3v) is 4.02. The van der Waals surface area contributed by atoms with Gasteiger partial charge in [0.2, 0.25) is 5.95 Å². The highest BCUT2D eigenvalue weighted by atomic mass is 79.9. The van der Waals surface area contributed by atoms with Crippen LogP contribution in [-0.2, 0) is 0 Å². The molecule has 1 heterocycles. The zero-order valence-corrected chi connectivity index (χ0v) is 14.5. The first kappa shape index (κ1) is 15.4. The summed E-state index contributed by atoms with van der Waals surface area (Å²) in [5.74, 6) is 1.40. The van der Waals surface area contributed by atoms with Gasteiger partial charge in [-0.2, -0.15) is 0 Å². The second-order valence-electron chi connectivity index (χ2n) is 5.40. The Morgan fingerprint density at radius 3 is 2.70 bits per heavy atom. The van der Waals surface area contributed by atoms with Crippen molar-refractivity contribution in [3.8, 4) is 5.69 Å². The van der Waals surface area contributed by atoms with Crippen molar-refractivity contribution in [2.24, 2.45) is 5.92 Å². The van der Waals surface area contributed by atoms with E-state index in [1.54, 1.807) is 0 Å². The van der Waals surface area contributed by atoms with Gasteiger partial charge in [-0.1, -0.05) is 25.4 Å². The van der Waals surface area contributed by atoms with Crippen molar-refractivity contribution < 1.29 is 0 Å². The number of aromatic nitrogens is 2. The van der Waals surface area contributed by atoms with Crippen molar-refractivity contribution >= 4 is 33.5 Å². The average molecular weight is 357 g/mol. The first-order valence-corrected chi connectivity index (χ1v) is 7.81. The lowest BCUT2D eigenvalue weighted by Crippen LogP contribution is -2.12. The summed E-state index contributed by atoms with van der Waals surface area (Å²) in [5, 5.41) is 4.14. The van der Waals surface area contributed by atoms with Gasteiger partial charge < -0.3 is 5.32 Å². The van der Waals surface area contributed by atoms with E-state index in [1.807, 2.05) is 36.7 Å². The van der Waals surface area contributed by atoms with Gasteiger partial charge in [0.25, 0.3) is 0 Å². The maximum Gasteiger partial charge on any atom is 0.207 e. The van der Waals surface area contributed by atoms with Gasteiger partial charge in [-0.15, -0.1) is 0 Å². The highest BCUT2D eigenvalue weighted by molar-refractivity contribution is 9.10. The van der Waals surface area contributed by atoms with E-state index in [2.05, 4.69) is 40.1 Å². The Morgan fingerprint density at radius 2 is 2.05 bits per heavy atom. The van der Waals surface area contributed by atoms with Gasteiger partial charge in [0, 0.05) is 22.2 Å². The first-order chi connectivity index (χ1) is 9.38. The third-order valence-electron chi connectivity index (χ3n) is 2.98. The molecule has 0 amide bonds. The summed E-state index contributed by atoms with van der Waals surface area (Å²) in [6.07, 6.45) is 2.01. The lowest BCUT2D eigenvalue weighted by molar-refractivity contribution is 0.683. The van der Waals surface area contributed by atoms with Crippen LogP contribution in [0.15, 0.2) is 22.8 Å². The average Bonchev–Trinajstić information content (AvgIpc) is 2.72. The lowest BCUT2D eigenvalue weighted by Gasteiger charge is -2.13. The third kappa shape index (κ3) is 3.36. The van der Waals surface area contributed by atoms with Crippen LogP contribution < -0.4 is 5.32 Å². The second kappa shape index (κ2) is 6.19. The van der Waals surface area contributed by atoms with Crippen LogP contribution in [0.5, 0.6) is 0 Å². The van der Waals surface area contributed by atoms with Crippen LogP contribution in [-0.4, -0.2) is 16.1 Å². The molecule has 3 nitrogen and oxygen atoms in total. The summed E-state index contributed by atoms with van der Waals surface area (Å²) < 4.78 is 3.04. The molecule has 108 valence electrons. The molecule has 0 atom stereocenters. The van der Waals surface area contributed by atoms with E-state index in [-0.39, 0.29) is 0 Å². The Kier molecular flexibility index (Phi) is 4.76. The van der Waals surface area contributed by atoms with Crippen molar-refractivity contribution in [2.75, 3.05) is 11.9 Å². The molecule has 0 aliphatic carbocycles. The molecule has 5 heteroatoms. The van der Waals surface area contributed by atoms with E-state index in [1.165, 1.54) is 0 Å².